The molecule has 1 aliphatic carbocycles. The van der Waals surface area contributed by atoms with E-state index in [1.54, 1.807) is 0 Å². The monoisotopic (exact) mass is 198 g/mol. The van der Waals surface area contributed by atoms with E-state index >= 15 is 0 Å². The van der Waals surface area contributed by atoms with Crippen LogP contribution < -0.4 is 0 Å². The normalized spacial score (nSPS) is 25.4. The molecule has 78 valence electrons. The lowest BCUT2D eigenvalue weighted by molar-refractivity contribution is -0.282. The first-order valence-electron chi connectivity index (χ1n) is 4.05. The number of hydrogen-bond donors (Lipinski definition) is 1. The van der Waals surface area contributed by atoms with Crippen molar-refractivity contribution in [2.75, 3.05) is 13.7 Å². The largest absolute Gasteiger partial charge is 0.417 e. The van der Waals surface area contributed by atoms with E-state index in [1.165, 1.54) is 7.11 Å². The molecule has 13 heavy (non-hydrogen) atoms. The summed E-state index contributed by atoms with van der Waals surface area (Å²) in [7, 11) is 1.34. The molecule has 0 saturated heterocycles. The van der Waals surface area contributed by atoms with Crippen molar-refractivity contribution in [3.05, 3.63) is 0 Å². The highest BCUT2D eigenvalue weighted by molar-refractivity contribution is 5.09. The Morgan fingerprint density at radius 2 is 1.85 bits per heavy atom. The molecule has 5 heteroatoms. The first-order chi connectivity index (χ1) is 5.77. The number of methoxy groups -OCH3 is 1. The molecule has 0 aliphatic heterocycles. The van der Waals surface area contributed by atoms with Gasteiger partial charge in [-0.1, -0.05) is 0 Å². The van der Waals surface area contributed by atoms with Crippen molar-refractivity contribution >= 4 is 0 Å². The quantitative estimate of drug-likeness (QED) is 0.748. The van der Waals surface area contributed by atoms with Crippen LogP contribution in [0.2, 0.25) is 0 Å². The highest BCUT2D eigenvalue weighted by Gasteiger charge is 2.68. The second-order valence-corrected chi connectivity index (χ2v) is 3.78. The van der Waals surface area contributed by atoms with E-state index in [4.69, 9.17) is 4.74 Å². The van der Waals surface area contributed by atoms with Crippen molar-refractivity contribution < 1.29 is 23.0 Å². The Morgan fingerprint density at radius 1 is 1.38 bits per heavy atom. The van der Waals surface area contributed by atoms with E-state index in [9.17, 15) is 18.3 Å². The molecule has 1 unspecified atom stereocenters. The van der Waals surface area contributed by atoms with Crippen LogP contribution >= 0.6 is 0 Å². The molecule has 1 atom stereocenters. The van der Waals surface area contributed by atoms with Crippen molar-refractivity contribution in [3.63, 3.8) is 0 Å². The van der Waals surface area contributed by atoms with Gasteiger partial charge in [0.25, 0.3) is 0 Å². The maximum Gasteiger partial charge on any atom is 0.417 e. The van der Waals surface area contributed by atoms with E-state index in [0.29, 0.717) is 12.8 Å². The van der Waals surface area contributed by atoms with Crippen molar-refractivity contribution in [2.45, 2.75) is 31.5 Å². The summed E-state index contributed by atoms with van der Waals surface area (Å²) in [6.45, 7) is 0.776. The van der Waals surface area contributed by atoms with Crippen LogP contribution in [0.3, 0.4) is 0 Å². The Hall–Kier alpha value is -0.290. The van der Waals surface area contributed by atoms with Crippen LogP contribution in [-0.2, 0) is 4.74 Å². The summed E-state index contributed by atoms with van der Waals surface area (Å²) < 4.78 is 41.9. The zero-order valence-electron chi connectivity index (χ0n) is 7.61. The van der Waals surface area contributed by atoms with Gasteiger partial charge in [0.05, 0.1) is 6.61 Å². The van der Waals surface area contributed by atoms with Gasteiger partial charge >= 0.3 is 6.18 Å². The summed E-state index contributed by atoms with van der Waals surface area (Å²) >= 11 is 0. The van der Waals surface area contributed by atoms with Gasteiger partial charge in [-0.3, -0.25) is 0 Å². The topological polar surface area (TPSA) is 29.5 Å². The molecular formula is C8H13F3O2. The molecule has 0 bridgehead atoms. The molecule has 0 aromatic rings. The minimum absolute atomic E-state index is 0.0422. The van der Waals surface area contributed by atoms with Gasteiger partial charge in [0.15, 0.2) is 5.60 Å². The third kappa shape index (κ3) is 1.55. The second-order valence-electron chi connectivity index (χ2n) is 3.78. The smallest absolute Gasteiger partial charge is 0.384 e. The molecule has 1 N–H and O–H groups in total. The minimum atomic E-state index is -4.58. The summed E-state index contributed by atoms with van der Waals surface area (Å²) in [5.41, 5.74) is -3.74. The predicted molar refractivity (Wildman–Crippen MR) is 40.2 cm³/mol. The van der Waals surface area contributed by atoms with Crippen LogP contribution in [0.1, 0.15) is 19.8 Å². The Labute approximate surface area is 74.7 Å². The van der Waals surface area contributed by atoms with Gasteiger partial charge in [-0.2, -0.15) is 13.2 Å². The first-order valence-corrected chi connectivity index (χ1v) is 4.05. The van der Waals surface area contributed by atoms with E-state index in [0.717, 1.165) is 6.92 Å². The number of alkyl halides is 3. The average molecular weight is 198 g/mol. The Kier molecular flexibility index (Phi) is 2.37. The zero-order chi connectivity index (χ0) is 10.3. The molecule has 0 aromatic carbocycles. The lowest BCUT2D eigenvalue weighted by Gasteiger charge is -2.34. The van der Waals surface area contributed by atoms with Gasteiger partial charge in [-0.15, -0.1) is 0 Å². The lowest BCUT2D eigenvalue weighted by Crippen LogP contribution is -2.51. The Bertz CT molecular complexity index is 194. The molecule has 0 aromatic heterocycles. The molecular weight excluding hydrogens is 185 g/mol. The third-order valence-corrected chi connectivity index (χ3v) is 2.86. The summed E-state index contributed by atoms with van der Waals surface area (Å²) in [6, 6.07) is 0. The minimum Gasteiger partial charge on any atom is -0.384 e. The molecule has 2 nitrogen and oxygen atoms in total. The fourth-order valence-electron chi connectivity index (χ4n) is 1.50. The van der Waals surface area contributed by atoms with Gasteiger partial charge in [-0.05, 0) is 19.8 Å². The fraction of sp³-hybridized carbons (Fsp3) is 1.00. The van der Waals surface area contributed by atoms with Gasteiger partial charge in [-0.25, -0.2) is 0 Å². The molecule has 1 rings (SSSR count). The van der Waals surface area contributed by atoms with Gasteiger partial charge in [0, 0.05) is 12.5 Å². The van der Waals surface area contributed by atoms with Crippen LogP contribution in [0, 0.1) is 5.41 Å². The highest BCUT2D eigenvalue weighted by Crippen LogP contribution is 2.59. The van der Waals surface area contributed by atoms with Gasteiger partial charge < -0.3 is 9.84 Å². The van der Waals surface area contributed by atoms with Crippen molar-refractivity contribution in [1.29, 1.82) is 0 Å². The average Bonchev–Trinajstić information content (AvgIpc) is 2.67. The van der Waals surface area contributed by atoms with Gasteiger partial charge in [0.2, 0.25) is 0 Å². The maximum absolute atomic E-state index is 12.4. The Balaban J connectivity index is 2.80. The molecule has 1 aliphatic rings. The number of halogens is 3. The number of hydrogen-bond acceptors (Lipinski definition) is 2. The van der Waals surface area contributed by atoms with Crippen molar-refractivity contribution in [2.24, 2.45) is 5.41 Å². The van der Waals surface area contributed by atoms with E-state index < -0.39 is 17.2 Å². The standard InChI is InChI=1S/C8H13F3O2/c1-6(12,8(9,10)11)7(3-4-7)5-13-2/h12H,3-5H2,1-2H3. The molecule has 1 saturated carbocycles. The summed E-state index contributed by atoms with van der Waals surface area (Å²) in [6.07, 6.45) is -3.84. The number of aliphatic hydroxyl groups is 1. The van der Waals surface area contributed by atoms with Crippen molar-refractivity contribution in [1.82, 2.24) is 0 Å². The molecule has 1 fully saturated rings. The number of ether oxygens (including phenoxy) is 1. The second kappa shape index (κ2) is 2.85. The fourth-order valence-corrected chi connectivity index (χ4v) is 1.50. The number of rotatable bonds is 3. The Morgan fingerprint density at radius 3 is 2.08 bits per heavy atom. The molecule has 0 amide bonds. The molecule has 0 spiro atoms. The SMILES string of the molecule is COCC1(C(C)(O)C(F)(F)F)CC1. The van der Waals surface area contributed by atoms with Crippen molar-refractivity contribution in [3.8, 4) is 0 Å². The highest BCUT2D eigenvalue weighted by atomic mass is 19.4. The van der Waals surface area contributed by atoms with Crippen LogP contribution in [-0.4, -0.2) is 30.6 Å². The molecule has 0 radical (unpaired) electrons. The zero-order valence-corrected chi connectivity index (χ0v) is 7.61. The lowest BCUT2D eigenvalue weighted by atomic mass is 9.86. The van der Waals surface area contributed by atoms with Crippen LogP contribution in [0.15, 0.2) is 0 Å². The summed E-state index contributed by atoms with van der Waals surface area (Å²) in [5.74, 6) is 0. The summed E-state index contributed by atoms with van der Waals surface area (Å²) in [5, 5.41) is 9.37. The van der Waals surface area contributed by atoms with Crippen LogP contribution in [0.4, 0.5) is 13.2 Å². The predicted octanol–water partition coefficient (Wildman–Crippen LogP) is 1.73. The van der Waals surface area contributed by atoms with Crippen LogP contribution in [0.5, 0.6) is 0 Å². The maximum atomic E-state index is 12.4. The van der Waals surface area contributed by atoms with E-state index in [2.05, 4.69) is 0 Å². The summed E-state index contributed by atoms with van der Waals surface area (Å²) in [4.78, 5) is 0. The first kappa shape index (κ1) is 10.8. The van der Waals surface area contributed by atoms with Gasteiger partial charge in [0.1, 0.15) is 0 Å². The molecule has 0 heterocycles. The third-order valence-electron chi connectivity index (χ3n) is 2.86. The van der Waals surface area contributed by atoms with E-state index in [1.807, 2.05) is 0 Å². The van der Waals surface area contributed by atoms with Crippen LogP contribution in [0.25, 0.3) is 0 Å². The van der Waals surface area contributed by atoms with E-state index in [-0.39, 0.29) is 6.61 Å².